The van der Waals surface area contributed by atoms with Crippen molar-refractivity contribution in [3.8, 4) is 0 Å². The molecule has 0 amide bonds. The fourth-order valence-corrected chi connectivity index (χ4v) is 4.08. The van der Waals surface area contributed by atoms with Crippen LogP contribution in [0.4, 0.5) is 0 Å². The molecule has 2 saturated heterocycles. The van der Waals surface area contributed by atoms with Crippen molar-refractivity contribution in [3.63, 3.8) is 0 Å². The summed E-state index contributed by atoms with van der Waals surface area (Å²) in [4.78, 5) is 0. The van der Waals surface area contributed by atoms with Gasteiger partial charge < -0.3 is 9.47 Å². The molecule has 2 aliphatic rings. The smallest absolute Gasteiger partial charge is 0.216 e. The van der Waals surface area contributed by atoms with E-state index >= 15 is 0 Å². The summed E-state index contributed by atoms with van der Waals surface area (Å²) >= 11 is 0. The van der Waals surface area contributed by atoms with Crippen molar-refractivity contribution in [1.29, 1.82) is 0 Å². The van der Waals surface area contributed by atoms with Gasteiger partial charge in [-0.15, -0.1) is 0 Å². The Morgan fingerprint density at radius 1 is 1.44 bits per heavy atom. The van der Waals surface area contributed by atoms with Crippen LogP contribution in [-0.4, -0.2) is 56.0 Å². The first-order valence-electron chi connectivity index (χ1n) is 6.64. The minimum absolute atomic E-state index is 0.215. The molecule has 2 heterocycles. The molecule has 1 spiro atoms. The molecule has 1 atom stereocenters. The Balaban J connectivity index is 1.94. The standard InChI is InChI=1S/C12H23NO4S/c1-4-16-11-5-6-17-12(7-11)8-13(9-12)18(14,15)10(2)3/h10-11H,4-9H2,1-3H3/t11-/m0/s1. The minimum atomic E-state index is -3.13. The van der Waals surface area contributed by atoms with Crippen molar-refractivity contribution in [2.75, 3.05) is 26.3 Å². The van der Waals surface area contributed by atoms with E-state index in [0.29, 0.717) is 26.3 Å². The Morgan fingerprint density at radius 3 is 2.67 bits per heavy atom. The van der Waals surface area contributed by atoms with Crippen LogP contribution in [0, 0.1) is 0 Å². The molecule has 0 aromatic carbocycles. The predicted octanol–water partition coefficient (Wildman–Crippen LogP) is 0.995. The lowest BCUT2D eigenvalue weighted by atomic mass is 9.86. The second kappa shape index (κ2) is 5.07. The number of nitrogens with zero attached hydrogens (tertiary/aromatic N) is 1. The van der Waals surface area contributed by atoms with Gasteiger partial charge in [0.05, 0.1) is 17.0 Å². The quantitative estimate of drug-likeness (QED) is 0.769. The zero-order valence-electron chi connectivity index (χ0n) is 11.4. The summed E-state index contributed by atoms with van der Waals surface area (Å²) in [5, 5.41) is -0.360. The first-order valence-corrected chi connectivity index (χ1v) is 8.14. The van der Waals surface area contributed by atoms with Crippen LogP contribution < -0.4 is 0 Å². The first kappa shape index (κ1) is 14.2. The van der Waals surface area contributed by atoms with Crippen molar-refractivity contribution >= 4 is 10.0 Å². The third-order valence-electron chi connectivity index (χ3n) is 3.73. The fourth-order valence-electron chi connectivity index (χ4n) is 2.66. The second-order valence-corrected chi connectivity index (χ2v) is 7.95. The number of hydrogen-bond donors (Lipinski definition) is 0. The monoisotopic (exact) mass is 277 g/mol. The number of sulfonamides is 1. The van der Waals surface area contributed by atoms with Crippen LogP contribution in [0.1, 0.15) is 33.6 Å². The van der Waals surface area contributed by atoms with Gasteiger partial charge in [0, 0.05) is 32.7 Å². The summed E-state index contributed by atoms with van der Waals surface area (Å²) < 4.78 is 36.9. The number of ether oxygens (including phenoxy) is 2. The third-order valence-corrected chi connectivity index (χ3v) is 5.90. The molecule has 0 aromatic rings. The Hall–Kier alpha value is -0.170. The molecule has 18 heavy (non-hydrogen) atoms. The van der Waals surface area contributed by atoms with Gasteiger partial charge in [0.1, 0.15) is 0 Å². The van der Waals surface area contributed by atoms with Gasteiger partial charge in [0.2, 0.25) is 10.0 Å². The predicted molar refractivity (Wildman–Crippen MR) is 69.0 cm³/mol. The van der Waals surface area contributed by atoms with Gasteiger partial charge >= 0.3 is 0 Å². The zero-order valence-corrected chi connectivity index (χ0v) is 12.2. The van der Waals surface area contributed by atoms with E-state index < -0.39 is 10.0 Å². The maximum absolute atomic E-state index is 12.0. The van der Waals surface area contributed by atoms with Crippen LogP contribution in [0.3, 0.4) is 0 Å². The van der Waals surface area contributed by atoms with Crippen LogP contribution in [0.15, 0.2) is 0 Å². The minimum Gasteiger partial charge on any atom is -0.378 e. The molecule has 0 radical (unpaired) electrons. The van der Waals surface area contributed by atoms with E-state index in [1.807, 2.05) is 6.92 Å². The van der Waals surface area contributed by atoms with Gasteiger partial charge in [0.25, 0.3) is 0 Å². The molecule has 2 fully saturated rings. The highest BCUT2D eigenvalue weighted by atomic mass is 32.2. The average molecular weight is 277 g/mol. The van der Waals surface area contributed by atoms with Crippen LogP contribution in [0.2, 0.25) is 0 Å². The molecule has 0 N–H and O–H groups in total. The molecule has 0 unspecified atom stereocenters. The Bertz CT molecular complexity index is 385. The van der Waals surface area contributed by atoms with Crippen LogP contribution in [-0.2, 0) is 19.5 Å². The molecule has 6 heteroatoms. The summed E-state index contributed by atoms with van der Waals surface area (Å²) in [6, 6.07) is 0. The highest BCUT2D eigenvalue weighted by molar-refractivity contribution is 7.89. The maximum Gasteiger partial charge on any atom is 0.216 e. The largest absolute Gasteiger partial charge is 0.378 e. The van der Waals surface area contributed by atoms with Crippen molar-refractivity contribution in [3.05, 3.63) is 0 Å². The van der Waals surface area contributed by atoms with Crippen molar-refractivity contribution in [2.45, 2.75) is 50.6 Å². The van der Waals surface area contributed by atoms with Crippen LogP contribution in [0.25, 0.3) is 0 Å². The molecule has 0 aliphatic carbocycles. The fraction of sp³-hybridized carbons (Fsp3) is 1.00. The Labute approximate surface area is 109 Å². The summed E-state index contributed by atoms with van der Waals surface area (Å²) in [7, 11) is -3.13. The SMILES string of the molecule is CCO[C@H]1CCOC2(C1)CN(S(=O)(=O)C(C)C)C2. The topological polar surface area (TPSA) is 55.8 Å². The molecular weight excluding hydrogens is 254 g/mol. The lowest BCUT2D eigenvalue weighted by Gasteiger charge is -2.52. The lowest BCUT2D eigenvalue weighted by molar-refractivity contribution is -0.177. The van der Waals surface area contributed by atoms with Gasteiger partial charge in [-0.05, 0) is 27.2 Å². The van der Waals surface area contributed by atoms with E-state index in [0.717, 1.165) is 12.8 Å². The van der Waals surface area contributed by atoms with Gasteiger partial charge in [-0.1, -0.05) is 0 Å². The molecule has 0 bridgehead atoms. The van der Waals surface area contributed by atoms with Crippen molar-refractivity contribution in [1.82, 2.24) is 4.31 Å². The van der Waals surface area contributed by atoms with Gasteiger partial charge in [-0.25, -0.2) is 8.42 Å². The summed E-state index contributed by atoms with van der Waals surface area (Å²) in [6.07, 6.45) is 1.94. The highest BCUT2D eigenvalue weighted by Gasteiger charge is 2.52. The molecule has 2 aliphatic heterocycles. The van der Waals surface area contributed by atoms with E-state index in [1.54, 1.807) is 13.8 Å². The van der Waals surface area contributed by atoms with E-state index in [9.17, 15) is 8.42 Å². The summed E-state index contributed by atoms with van der Waals surface area (Å²) in [6.45, 7) is 7.75. The zero-order chi connectivity index (χ0) is 13.4. The summed E-state index contributed by atoms with van der Waals surface area (Å²) in [5.74, 6) is 0. The van der Waals surface area contributed by atoms with E-state index in [2.05, 4.69) is 0 Å². The number of rotatable bonds is 4. The van der Waals surface area contributed by atoms with Gasteiger partial charge in [0.15, 0.2) is 0 Å². The first-order chi connectivity index (χ1) is 8.39. The van der Waals surface area contributed by atoms with Crippen LogP contribution >= 0.6 is 0 Å². The highest BCUT2D eigenvalue weighted by Crippen LogP contribution is 2.37. The van der Waals surface area contributed by atoms with E-state index in [1.165, 1.54) is 4.31 Å². The normalized spacial score (nSPS) is 28.6. The average Bonchev–Trinajstić information content (AvgIpc) is 2.26. The Kier molecular flexibility index (Phi) is 4.02. The summed E-state index contributed by atoms with van der Waals surface area (Å²) in [5.41, 5.74) is -0.292. The molecule has 0 aromatic heterocycles. The van der Waals surface area contributed by atoms with E-state index in [-0.39, 0.29) is 17.0 Å². The van der Waals surface area contributed by atoms with Crippen LogP contribution in [0.5, 0.6) is 0 Å². The molecular formula is C12H23NO4S. The molecule has 5 nitrogen and oxygen atoms in total. The van der Waals surface area contributed by atoms with Crippen molar-refractivity contribution in [2.24, 2.45) is 0 Å². The van der Waals surface area contributed by atoms with E-state index in [4.69, 9.17) is 9.47 Å². The third kappa shape index (κ3) is 2.57. The molecule has 106 valence electrons. The van der Waals surface area contributed by atoms with Gasteiger partial charge in [-0.2, -0.15) is 4.31 Å². The number of hydrogen-bond acceptors (Lipinski definition) is 4. The lowest BCUT2D eigenvalue weighted by Crippen LogP contribution is -2.67. The molecule has 0 saturated carbocycles. The van der Waals surface area contributed by atoms with Crippen molar-refractivity contribution < 1.29 is 17.9 Å². The van der Waals surface area contributed by atoms with Gasteiger partial charge in [-0.3, -0.25) is 0 Å². The Morgan fingerprint density at radius 2 is 2.11 bits per heavy atom. The molecule has 2 rings (SSSR count). The second-order valence-electron chi connectivity index (χ2n) is 5.46. The maximum atomic E-state index is 12.0.